The van der Waals surface area contributed by atoms with Crippen molar-refractivity contribution >= 4 is 11.9 Å². The van der Waals surface area contributed by atoms with Crippen LogP contribution >= 0.6 is 0 Å². The number of hydrogen-bond donors (Lipinski definition) is 1. The van der Waals surface area contributed by atoms with Crippen LogP contribution < -0.4 is 5.32 Å². The molecule has 1 aliphatic heterocycles. The fraction of sp³-hybridized carbons (Fsp3) is 0.200. The Hall–Kier alpha value is -3.48. The number of pyridine rings is 1. The zero-order chi connectivity index (χ0) is 18.8. The van der Waals surface area contributed by atoms with Crippen LogP contribution in [0.25, 0.3) is 11.5 Å². The molecule has 1 N–H and O–H groups in total. The van der Waals surface area contributed by atoms with Crippen LogP contribution in [-0.4, -0.2) is 32.8 Å². The summed E-state index contributed by atoms with van der Waals surface area (Å²) >= 11 is 0. The number of carbonyl (C=O) groups excluding carboxylic acids is 2. The van der Waals surface area contributed by atoms with E-state index < -0.39 is 12.1 Å². The number of urea groups is 1. The molecule has 7 heteroatoms. The predicted octanol–water partition coefficient (Wildman–Crippen LogP) is 2.71. The highest BCUT2D eigenvalue weighted by molar-refractivity contribution is 6.04. The van der Waals surface area contributed by atoms with Crippen LogP contribution in [-0.2, 0) is 17.8 Å². The molecule has 1 fully saturated rings. The van der Waals surface area contributed by atoms with E-state index in [0.717, 1.165) is 16.7 Å². The largest absolute Gasteiger partial charge is 0.444 e. The quantitative estimate of drug-likeness (QED) is 0.705. The number of hydrogen-bond acceptors (Lipinski definition) is 5. The number of nitrogens with one attached hydrogen (secondary N) is 1. The summed E-state index contributed by atoms with van der Waals surface area (Å²) in [5.41, 5.74) is 3.46. The van der Waals surface area contributed by atoms with E-state index in [-0.39, 0.29) is 12.5 Å². The van der Waals surface area contributed by atoms with E-state index >= 15 is 0 Å². The second kappa shape index (κ2) is 7.03. The lowest BCUT2D eigenvalue weighted by molar-refractivity contribution is -0.127. The second-order valence-corrected chi connectivity index (χ2v) is 6.50. The lowest BCUT2D eigenvalue weighted by Gasteiger charge is -2.11. The maximum atomic E-state index is 12.6. The van der Waals surface area contributed by atoms with Crippen LogP contribution in [0.2, 0.25) is 0 Å². The highest BCUT2D eigenvalue weighted by Crippen LogP contribution is 2.21. The first-order valence-corrected chi connectivity index (χ1v) is 8.62. The van der Waals surface area contributed by atoms with E-state index in [2.05, 4.69) is 15.3 Å². The third kappa shape index (κ3) is 3.57. The van der Waals surface area contributed by atoms with Gasteiger partial charge in [-0.25, -0.2) is 9.78 Å². The molecular formula is C20H18N4O3. The third-order valence-corrected chi connectivity index (χ3v) is 4.47. The van der Waals surface area contributed by atoms with Gasteiger partial charge >= 0.3 is 6.03 Å². The molecule has 3 heterocycles. The minimum atomic E-state index is -0.580. The maximum Gasteiger partial charge on any atom is 0.325 e. The van der Waals surface area contributed by atoms with Crippen LogP contribution in [0, 0.1) is 6.92 Å². The van der Waals surface area contributed by atoms with E-state index in [9.17, 15) is 9.59 Å². The van der Waals surface area contributed by atoms with Gasteiger partial charge in [0.15, 0.2) is 0 Å². The van der Waals surface area contributed by atoms with Crippen molar-refractivity contribution in [2.75, 3.05) is 0 Å². The van der Waals surface area contributed by atoms with Gasteiger partial charge in [0.1, 0.15) is 12.3 Å². The van der Waals surface area contributed by atoms with Gasteiger partial charge in [0, 0.05) is 24.4 Å². The number of aryl methyl sites for hydroxylation is 1. The molecule has 1 saturated heterocycles. The van der Waals surface area contributed by atoms with E-state index in [1.807, 2.05) is 43.3 Å². The number of amides is 3. The van der Waals surface area contributed by atoms with Crippen molar-refractivity contribution in [1.29, 1.82) is 0 Å². The molecule has 136 valence electrons. The van der Waals surface area contributed by atoms with Gasteiger partial charge in [-0.3, -0.25) is 14.7 Å². The smallest absolute Gasteiger partial charge is 0.325 e. The van der Waals surface area contributed by atoms with Crippen molar-refractivity contribution in [2.24, 2.45) is 0 Å². The molecule has 3 amide bonds. The fourth-order valence-electron chi connectivity index (χ4n) is 2.99. The standard InChI is InChI=1S/C20H18N4O3/c1-13-2-4-15(5-3-13)18-22-16(12-27-18)11-24-19(25)17(23-20(24)26)10-14-6-8-21-9-7-14/h2-9,12,17H,10-11H2,1H3,(H,23,26). The molecule has 1 atom stereocenters. The summed E-state index contributed by atoms with van der Waals surface area (Å²) in [5.74, 6) is 0.196. The summed E-state index contributed by atoms with van der Waals surface area (Å²) in [5, 5.41) is 2.73. The zero-order valence-corrected chi connectivity index (χ0v) is 14.8. The Kier molecular flexibility index (Phi) is 4.42. The van der Waals surface area contributed by atoms with Gasteiger partial charge in [-0.15, -0.1) is 0 Å². The average molecular weight is 362 g/mol. The Morgan fingerprint density at radius 1 is 1.11 bits per heavy atom. The summed E-state index contributed by atoms with van der Waals surface area (Å²) in [6, 6.07) is 10.4. The monoisotopic (exact) mass is 362 g/mol. The van der Waals surface area contributed by atoms with Crippen LogP contribution in [0.4, 0.5) is 4.79 Å². The molecule has 7 nitrogen and oxygen atoms in total. The van der Waals surface area contributed by atoms with Crippen LogP contribution in [0.3, 0.4) is 0 Å². The van der Waals surface area contributed by atoms with Crippen molar-refractivity contribution in [3.63, 3.8) is 0 Å². The first-order chi connectivity index (χ1) is 13.1. The fourth-order valence-corrected chi connectivity index (χ4v) is 2.99. The van der Waals surface area contributed by atoms with Crippen LogP contribution in [0.1, 0.15) is 16.8 Å². The van der Waals surface area contributed by atoms with Gasteiger partial charge in [-0.1, -0.05) is 17.7 Å². The molecule has 0 spiro atoms. The molecule has 2 aromatic heterocycles. The average Bonchev–Trinajstić information content (AvgIpc) is 3.24. The molecule has 4 rings (SSSR count). The summed E-state index contributed by atoms with van der Waals surface area (Å²) in [6.45, 7) is 2.08. The first kappa shape index (κ1) is 17.0. The molecule has 0 aliphatic carbocycles. The van der Waals surface area contributed by atoms with Crippen molar-refractivity contribution < 1.29 is 14.0 Å². The Morgan fingerprint density at radius 2 is 1.85 bits per heavy atom. The SMILES string of the molecule is Cc1ccc(-c2nc(CN3C(=O)NC(Cc4ccncc4)C3=O)co2)cc1. The molecule has 3 aromatic rings. The lowest BCUT2D eigenvalue weighted by atomic mass is 10.1. The van der Waals surface area contributed by atoms with Gasteiger partial charge < -0.3 is 9.73 Å². The van der Waals surface area contributed by atoms with Crippen molar-refractivity contribution in [2.45, 2.75) is 25.9 Å². The van der Waals surface area contributed by atoms with E-state index in [0.29, 0.717) is 18.0 Å². The molecule has 1 aliphatic rings. The summed E-state index contributed by atoms with van der Waals surface area (Å²) in [7, 11) is 0. The summed E-state index contributed by atoms with van der Waals surface area (Å²) in [4.78, 5) is 34.4. The first-order valence-electron chi connectivity index (χ1n) is 8.62. The second-order valence-electron chi connectivity index (χ2n) is 6.50. The third-order valence-electron chi connectivity index (χ3n) is 4.47. The summed E-state index contributed by atoms with van der Waals surface area (Å²) < 4.78 is 5.51. The Balaban J connectivity index is 1.45. The normalized spacial score (nSPS) is 16.6. The minimum Gasteiger partial charge on any atom is -0.444 e. The lowest BCUT2D eigenvalue weighted by Crippen LogP contribution is -2.32. The maximum absolute atomic E-state index is 12.6. The number of nitrogens with zero attached hydrogens (tertiary/aromatic N) is 3. The number of imide groups is 1. The number of carbonyl (C=O) groups is 2. The van der Waals surface area contributed by atoms with Crippen LogP contribution in [0.15, 0.2) is 59.5 Å². The number of benzene rings is 1. The molecule has 1 unspecified atom stereocenters. The van der Waals surface area contributed by atoms with Gasteiger partial charge in [0.25, 0.3) is 5.91 Å². The molecule has 27 heavy (non-hydrogen) atoms. The molecule has 0 bridgehead atoms. The molecule has 0 radical (unpaired) electrons. The Labute approximate surface area is 156 Å². The summed E-state index contributed by atoms with van der Waals surface area (Å²) in [6.07, 6.45) is 5.23. The predicted molar refractivity (Wildman–Crippen MR) is 97.5 cm³/mol. The van der Waals surface area contributed by atoms with Gasteiger partial charge in [-0.2, -0.15) is 0 Å². The van der Waals surface area contributed by atoms with Crippen molar-refractivity contribution in [1.82, 2.24) is 20.2 Å². The number of aromatic nitrogens is 2. The van der Waals surface area contributed by atoms with E-state index in [1.54, 1.807) is 12.4 Å². The van der Waals surface area contributed by atoms with E-state index in [1.165, 1.54) is 11.2 Å². The molecule has 1 aromatic carbocycles. The minimum absolute atomic E-state index is 0.0763. The molecule has 0 saturated carbocycles. The Morgan fingerprint density at radius 3 is 2.59 bits per heavy atom. The molecular weight excluding hydrogens is 344 g/mol. The number of rotatable bonds is 5. The van der Waals surface area contributed by atoms with Gasteiger partial charge in [0.05, 0.1) is 12.2 Å². The highest BCUT2D eigenvalue weighted by Gasteiger charge is 2.38. The number of oxazole rings is 1. The van der Waals surface area contributed by atoms with Crippen molar-refractivity contribution in [3.05, 3.63) is 71.9 Å². The topological polar surface area (TPSA) is 88.3 Å². The van der Waals surface area contributed by atoms with Crippen molar-refractivity contribution in [3.8, 4) is 11.5 Å². The van der Waals surface area contributed by atoms with Crippen LogP contribution in [0.5, 0.6) is 0 Å². The highest BCUT2D eigenvalue weighted by atomic mass is 16.3. The van der Waals surface area contributed by atoms with Gasteiger partial charge in [-0.05, 0) is 36.8 Å². The zero-order valence-electron chi connectivity index (χ0n) is 14.8. The van der Waals surface area contributed by atoms with E-state index in [4.69, 9.17) is 4.42 Å². The Bertz CT molecular complexity index is 966. The van der Waals surface area contributed by atoms with Gasteiger partial charge in [0.2, 0.25) is 5.89 Å².